The van der Waals surface area contributed by atoms with Gasteiger partial charge in [-0.15, -0.1) is 5.10 Å². The Balaban J connectivity index is 1.61. The molecular weight excluding hydrogens is 260 g/mol. The summed E-state index contributed by atoms with van der Waals surface area (Å²) >= 11 is 1.20. The predicted octanol–water partition coefficient (Wildman–Crippen LogP) is 1.46. The van der Waals surface area contributed by atoms with Crippen molar-refractivity contribution < 1.29 is 4.79 Å². The van der Waals surface area contributed by atoms with Crippen molar-refractivity contribution >= 4 is 17.4 Å². The zero-order valence-corrected chi connectivity index (χ0v) is 12.2. The van der Waals surface area contributed by atoms with Gasteiger partial charge in [-0.05, 0) is 44.1 Å². The van der Waals surface area contributed by atoms with Crippen molar-refractivity contribution in [2.75, 3.05) is 6.54 Å². The summed E-state index contributed by atoms with van der Waals surface area (Å²) in [5.74, 6) is 0.00157. The summed E-state index contributed by atoms with van der Waals surface area (Å²) in [7, 11) is 0. The Morgan fingerprint density at radius 1 is 1.53 bits per heavy atom. The number of nitrogens with zero attached hydrogens (tertiary/aromatic N) is 3. The van der Waals surface area contributed by atoms with E-state index >= 15 is 0 Å². The Morgan fingerprint density at radius 2 is 2.32 bits per heavy atom. The van der Waals surface area contributed by atoms with Crippen LogP contribution in [0.25, 0.3) is 0 Å². The molecule has 2 heterocycles. The van der Waals surface area contributed by atoms with E-state index in [1.807, 2.05) is 6.92 Å². The smallest absolute Gasteiger partial charge is 0.265 e. The lowest BCUT2D eigenvalue weighted by atomic mass is 10.2. The van der Waals surface area contributed by atoms with Gasteiger partial charge in [-0.2, -0.15) is 0 Å². The maximum atomic E-state index is 12.2. The number of hydrogen-bond acceptors (Lipinski definition) is 5. The third-order valence-electron chi connectivity index (χ3n) is 4.07. The highest BCUT2D eigenvalue weighted by atomic mass is 32.1. The molecule has 1 saturated carbocycles. The quantitative estimate of drug-likeness (QED) is 0.907. The van der Waals surface area contributed by atoms with Crippen molar-refractivity contribution in [1.29, 1.82) is 0 Å². The summed E-state index contributed by atoms with van der Waals surface area (Å²) in [5.41, 5.74) is 0.813. The molecule has 6 heteroatoms. The molecule has 1 aromatic heterocycles. The molecule has 2 unspecified atom stereocenters. The van der Waals surface area contributed by atoms with Crippen LogP contribution in [0.1, 0.15) is 48.5 Å². The SMILES string of the molecule is CCc1nnsc1C(=O)NC1CC(C)N(C2CC2)C1. The van der Waals surface area contributed by atoms with Crippen LogP contribution in [0.3, 0.4) is 0 Å². The van der Waals surface area contributed by atoms with Gasteiger partial charge < -0.3 is 5.32 Å². The fourth-order valence-corrected chi connectivity index (χ4v) is 3.59. The molecule has 0 spiro atoms. The van der Waals surface area contributed by atoms with E-state index in [4.69, 9.17) is 0 Å². The van der Waals surface area contributed by atoms with Gasteiger partial charge in [-0.25, -0.2) is 0 Å². The van der Waals surface area contributed by atoms with Crippen LogP contribution in [0.15, 0.2) is 0 Å². The van der Waals surface area contributed by atoms with Gasteiger partial charge >= 0.3 is 0 Å². The molecule has 0 bridgehead atoms. The fraction of sp³-hybridized carbons (Fsp3) is 0.769. The Morgan fingerprint density at radius 3 is 3.00 bits per heavy atom. The van der Waals surface area contributed by atoms with Crippen molar-refractivity contribution in [3.8, 4) is 0 Å². The molecule has 2 atom stereocenters. The van der Waals surface area contributed by atoms with Crippen LogP contribution in [0.2, 0.25) is 0 Å². The summed E-state index contributed by atoms with van der Waals surface area (Å²) in [6, 6.07) is 1.63. The van der Waals surface area contributed by atoms with Crippen molar-refractivity contribution in [1.82, 2.24) is 19.8 Å². The second kappa shape index (κ2) is 5.17. The molecular formula is C13H20N4OS. The molecule has 0 radical (unpaired) electrons. The zero-order valence-electron chi connectivity index (χ0n) is 11.4. The van der Waals surface area contributed by atoms with Gasteiger partial charge in [0, 0.05) is 24.7 Å². The third kappa shape index (κ3) is 2.65. The number of hydrogen-bond donors (Lipinski definition) is 1. The predicted molar refractivity (Wildman–Crippen MR) is 74.3 cm³/mol. The minimum Gasteiger partial charge on any atom is -0.347 e. The van der Waals surface area contributed by atoms with Crippen molar-refractivity contribution in [3.05, 3.63) is 10.6 Å². The van der Waals surface area contributed by atoms with Crippen LogP contribution >= 0.6 is 11.5 Å². The Bertz CT molecular complexity index is 471. The number of carbonyl (C=O) groups excluding carboxylic acids is 1. The van der Waals surface area contributed by atoms with Crippen LogP contribution < -0.4 is 5.32 Å². The van der Waals surface area contributed by atoms with Gasteiger partial charge in [-0.3, -0.25) is 9.69 Å². The maximum Gasteiger partial charge on any atom is 0.265 e. The number of amides is 1. The molecule has 2 fully saturated rings. The maximum absolute atomic E-state index is 12.2. The minimum atomic E-state index is 0.00157. The highest BCUT2D eigenvalue weighted by Crippen LogP contribution is 2.33. The molecule has 3 rings (SSSR count). The van der Waals surface area contributed by atoms with Gasteiger partial charge in [0.05, 0.1) is 5.69 Å². The zero-order chi connectivity index (χ0) is 13.4. The average molecular weight is 280 g/mol. The van der Waals surface area contributed by atoms with Gasteiger partial charge in [0.2, 0.25) is 0 Å². The van der Waals surface area contributed by atoms with E-state index in [-0.39, 0.29) is 11.9 Å². The molecule has 1 aliphatic carbocycles. The van der Waals surface area contributed by atoms with Crippen LogP contribution in [-0.2, 0) is 6.42 Å². The molecule has 1 aromatic rings. The molecule has 1 aliphatic heterocycles. The molecule has 1 amide bonds. The third-order valence-corrected chi connectivity index (χ3v) is 4.84. The van der Waals surface area contributed by atoms with Crippen LogP contribution in [0.5, 0.6) is 0 Å². The van der Waals surface area contributed by atoms with E-state index in [1.165, 1.54) is 24.4 Å². The Hall–Kier alpha value is -1.01. The lowest BCUT2D eigenvalue weighted by Crippen LogP contribution is -2.37. The van der Waals surface area contributed by atoms with Gasteiger partial charge in [0.1, 0.15) is 4.88 Å². The largest absolute Gasteiger partial charge is 0.347 e. The highest BCUT2D eigenvalue weighted by molar-refractivity contribution is 7.08. The first-order chi connectivity index (χ1) is 9.19. The molecule has 1 N–H and O–H groups in total. The van der Waals surface area contributed by atoms with E-state index in [0.717, 1.165) is 31.1 Å². The Labute approximate surface area is 117 Å². The van der Waals surface area contributed by atoms with E-state index in [1.54, 1.807) is 0 Å². The van der Waals surface area contributed by atoms with Gasteiger partial charge in [0.25, 0.3) is 5.91 Å². The lowest BCUT2D eigenvalue weighted by molar-refractivity contribution is 0.0940. The van der Waals surface area contributed by atoms with Gasteiger partial charge in [0.15, 0.2) is 0 Å². The van der Waals surface area contributed by atoms with Crippen LogP contribution in [-0.4, -0.2) is 45.1 Å². The topological polar surface area (TPSA) is 58.1 Å². The number of rotatable bonds is 4. The summed E-state index contributed by atoms with van der Waals surface area (Å²) in [5, 5.41) is 7.14. The molecule has 2 aliphatic rings. The van der Waals surface area contributed by atoms with E-state index in [2.05, 4.69) is 26.7 Å². The summed E-state index contributed by atoms with van der Waals surface area (Å²) in [6.45, 7) is 5.25. The van der Waals surface area contributed by atoms with Crippen LogP contribution in [0.4, 0.5) is 0 Å². The normalized spacial score (nSPS) is 27.7. The fourth-order valence-electron chi connectivity index (χ4n) is 2.94. The second-order valence-corrected chi connectivity index (χ2v) is 6.34. The van der Waals surface area contributed by atoms with E-state index < -0.39 is 0 Å². The molecule has 0 aromatic carbocycles. The number of carbonyl (C=O) groups is 1. The van der Waals surface area contributed by atoms with Gasteiger partial charge in [-0.1, -0.05) is 11.4 Å². The van der Waals surface area contributed by atoms with Crippen molar-refractivity contribution in [3.63, 3.8) is 0 Å². The lowest BCUT2D eigenvalue weighted by Gasteiger charge is -2.19. The minimum absolute atomic E-state index is 0.00157. The molecule has 5 nitrogen and oxygen atoms in total. The number of nitrogens with one attached hydrogen (secondary N) is 1. The molecule has 1 saturated heterocycles. The summed E-state index contributed by atoms with van der Waals surface area (Å²) in [4.78, 5) is 15.5. The monoisotopic (exact) mass is 280 g/mol. The van der Waals surface area contributed by atoms with Crippen molar-refractivity contribution in [2.45, 2.75) is 57.7 Å². The average Bonchev–Trinajstić information content (AvgIpc) is 2.99. The first kappa shape index (κ1) is 13.0. The molecule has 104 valence electrons. The van der Waals surface area contributed by atoms with Crippen molar-refractivity contribution in [2.24, 2.45) is 0 Å². The Kier molecular flexibility index (Phi) is 3.54. The summed E-state index contributed by atoms with van der Waals surface area (Å²) in [6.07, 6.45) is 4.46. The first-order valence-electron chi connectivity index (χ1n) is 7.06. The summed E-state index contributed by atoms with van der Waals surface area (Å²) < 4.78 is 3.88. The van der Waals surface area contributed by atoms with E-state index in [0.29, 0.717) is 10.9 Å². The number of aromatic nitrogens is 2. The van der Waals surface area contributed by atoms with Crippen LogP contribution in [0, 0.1) is 0 Å². The molecule has 19 heavy (non-hydrogen) atoms. The number of likely N-dealkylation sites (tertiary alicyclic amines) is 1. The standard InChI is InChI=1S/C13H20N4OS/c1-3-11-12(19-16-15-11)13(18)14-9-6-8(2)17(7-9)10-4-5-10/h8-10H,3-7H2,1-2H3,(H,14,18). The first-order valence-corrected chi connectivity index (χ1v) is 7.84. The number of aryl methyl sites for hydroxylation is 1. The van der Waals surface area contributed by atoms with E-state index in [9.17, 15) is 4.79 Å². The highest BCUT2D eigenvalue weighted by Gasteiger charge is 2.39. The second-order valence-electron chi connectivity index (χ2n) is 5.59.